The van der Waals surface area contributed by atoms with Crippen LogP contribution in [-0.2, 0) is 4.79 Å². The van der Waals surface area contributed by atoms with Gasteiger partial charge in [-0.25, -0.2) is 0 Å². The Bertz CT molecular complexity index is 514. The molecule has 22 heavy (non-hydrogen) atoms. The molecule has 2 heterocycles. The van der Waals surface area contributed by atoms with E-state index in [0.717, 1.165) is 26.2 Å². The van der Waals surface area contributed by atoms with E-state index in [2.05, 4.69) is 41.0 Å². The van der Waals surface area contributed by atoms with Gasteiger partial charge in [0.15, 0.2) is 0 Å². The van der Waals surface area contributed by atoms with E-state index in [9.17, 15) is 4.79 Å². The van der Waals surface area contributed by atoms with Crippen molar-refractivity contribution in [2.45, 2.75) is 26.2 Å². The Hall–Kier alpha value is -1.55. The third-order valence-corrected chi connectivity index (χ3v) is 5.15. The number of hydrogen-bond acceptors (Lipinski definition) is 3. The van der Waals surface area contributed by atoms with Crippen molar-refractivity contribution in [1.82, 2.24) is 9.80 Å². The molecule has 0 saturated carbocycles. The molecule has 1 unspecified atom stereocenters. The zero-order valence-electron chi connectivity index (χ0n) is 13.8. The van der Waals surface area contributed by atoms with E-state index in [-0.39, 0.29) is 5.91 Å². The van der Waals surface area contributed by atoms with Crippen LogP contribution in [0.3, 0.4) is 0 Å². The summed E-state index contributed by atoms with van der Waals surface area (Å²) in [6, 6.07) is 8.91. The summed E-state index contributed by atoms with van der Waals surface area (Å²) in [5.41, 5.74) is 2.62. The van der Waals surface area contributed by atoms with E-state index in [1.807, 2.05) is 11.8 Å². The number of carbonyl (C=O) groups is 1. The summed E-state index contributed by atoms with van der Waals surface area (Å²) < 4.78 is 0. The summed E-state index contributed by atoms with van der Waals surface area (Å²) >= 11 is 0. The standard InChI is InChI=1S/C18H27N3O/c1-3-19-10-9-16(13-19)15-5-7-17(8-6-15)21-12-11-20(4-2)18(22)14-21/h5-8,16H,3-4,9-14H2,1-2H3. The molecule has 4 nitrogen and oxygen atoms in total. The van der Waals surface area contributed by atoms with Crippen molar-refractivity contribution < 1.29 is 4.79 Å². The lowest BCUT2D eigenvalue weighted by Crippen LogP contribution is -2.50. The van der Waals surface area contributed by atoms with E-state index >= 15 is 0 Å². The first-order valence-corrected chi connectivity index (χ1v) is 8.56. The van der Waals surface area contributed by atoms with Crippen LogP contribution in [0, 0.1) is 0 Å². The van der Waals surface area contributed by atoms with Crippen LogP contribution >= 0.6 is 0 Å². The first-order valence-electron chi connectivity index (χ1n) is 8.56. The summed E-state index contributed by atoms with van der Waals surface area (Å²) in [7, 11) is 0. The maximum Gasteiger partial charge on any atom is 0.242 e. The number of carbonyl (C=O) groups excluding carboxylic acids is 1. The molecule has 1 atom stereocenters. The fraction of sp³-hybridized carbons (Fsp3) is 0.611. The predicted molar refractivity (Wildman–Crippen MR) is 90.4 cm³/mol. The molecule has 2 aliphatic heterocycles. The van der Waals surface area contributed by atoms with Crippen molar-refractivity contribution in [3.8, 4) is 0 Å². The molecule has 1 aromatic rings. The second kappa shape index (κ2) is 6.69. The highest BCUT2D eigenvalue weighted by Crippen LogP contribution is 2.28. The Kier molecular flexibility index (Phi) is 4.67. The molecular formula is C18H27N3O. The number of hydrogen-bond donors (Lipinski definition) is 0. The van der Waals surface area contributed by atoms with Gasteiger partial charge in [-0.3, -0.25) is 4.79 Å². The number of rotatable bonds is 4. The van der Waals surface area contributed by atoms with Gasteiger partial charge in [0.2, 0.25) is 5.91 Å². The number of benzene rings is 1. The van der Waals surface area contributed by atoms with E-state index in [1.165, 1.54) is 30.8 Å². The normalized spacial score (nSPS) is 23.4. The van der Waals surface area contributed by atoms with Crippen LogP contribution < -0.4 is 4.90 Å². The summed E-state index contributed by atoms with van der Waals surface area (Å²) in [5, 5.41) is 0. The Morgan fingerprint density at radius 3 is 2.41 bits per heavy atom. The van der Waals surface area contributed by atoms with Crippen molar-refractivity contribution in [1.29, 1.82) is 0 Å². The molecule has 1 aromatic carbocycles. The quantitative estimate of drug-likeness (QED) is 0.853. The first kappa shape index (κ1) is 15.3. The average Bonchev–Trinajstić information content (AvgIpc) is 3.04. The Balaban J connectivity index is 1.64. The second-order valence-corrected chi connectivity index (χ2v) is 6.37. The van der Waals surface area contributed by atoms with Gasteiger partial charge < -0.3 is 14.7 Å². The average molecular weight is 301 g/mol. The number of likely N-dealkylation sites (tertiary alicyclic amines) is 1. The molecule has 0 bridgehead atoms. The molecule has 120 valence electrons. The van der Waals surface area contributed by atoms with E-state index in [4.69, 9.17) is 0 Å². The van der Waals surface area contributed by atoms with E-state index in [0.29, 0.717) is 12.5 Å². The molecule has 2 aliphatic rings. The third-order valence-electron chi connectivity index (χ3n) is 5.15. The molecule has 4 heteroatoms. The van der Waals surface area contributed by atoms with Crippen LogP contribution in [0.5, 0.6) is 0 Å². The van der Waals surface area contributed by atoms with E-state index in [1.54, 1.807) is 0 Å². The molecule has 0 radical (unpaired) electrons. The minimum absolute atomic E-state index is 0.243. The monoisotopic (exact) mass is 301 g/mol. The molecule has 1 amide bonds. The molecule has 3 rings (SSSR count). The molecule has 2 fully saturated rings. The van der Waals surface area contributed by atoms with Gasteiger partial charge >= 0.3 is 0 Å². The molecule has 0 aromatic heterocycles. The van der Waals surface area contributed by atoms with Gasteiger partial charge in [0.05, 0.1) is 6.54 Å². The van der Waals surface area contributed by atoms with Gasteiger partial charge in [-0.05, 0) is 50.0 Å². The largest absolute Gasteiger partial charge is 0.360 e. The maximum atomic E-state index is 12.0. The minimum Gasteiger partial charge on any atom is -0.360 e. The van der Waals surface area contributed by atoms with Gasteiger partial charge in [-0.1, -0.05) is 19.1 Å². The topological polar surface area (TPSA) is 26.8 Å². The van der Waals surface area contributed by atoms with Gasteiger partial charge in [-0.2, -0.15) is 0 Å². The molecular weight excluding hydrogens is 274 g/mol. The Morgan fingerprint density at radius 2 is 1.82 bits per heavy atom. The van der Waals surface area contributed by atoms with Gasteiger partial charge in [-0.15, -0.1) is 0 Å². The Morgan fingerprint density at radius 1 is 1.05 bits per heavy atom. The van der Waals surface area contributed by atoms with Crippen LogP contribution in [0.4, 0.5) is 5.69 Å². The van der Waals surface area contributed by atoms with Gasteiger partial charge in [0, 0.05) is 31.9 Å². The fourth-order valence-electron chi connectivity index (χ4n) is 3.61. The molecule has 0 N–H and O–H groups in total. The Labute approximate surface area is 133 Å². The van der Waals surface area contributed by atoms with Crippen molar-refractivity contribution in [3.05, 3.63) is 29.8 Å². The lowest BCUT2D eigenvalue weighted by atomic mass is 9.98. The zero-order valence-corrected chi connectivity index (χ0v) is 13.8. The highest BCUT2D eigenvalue weighted by atomic mass is 16.2. The second-order valence-electron chi connectivity index (χ2n) is 6.37. The summed E-state index contributed by atoms with van der Waals surface area (Å²) in [6.07, 6.45) is 1.26. The minimum atomic E-state index is 0.243. The first-order chi connectivity index (χ1) is 10.7. The highest BCUT2D eigenvalue weighted by molar-refractivity contribution is 5.82. The number of likely N-dealkylation sites (N-methyl/N-ethyl adjacent to an activating group) is 2. The molecule has 0 spiro atoms. The van der Waals surface area contributed by atoms with Crippen molar-refractivity contribution >= 4 is 11.6 Å². The summed E-state index contributed by atoms with van der Waals surface area (Å²) in [4.78, 5) is 18.7. The van der Waals surface area contributed by atoms with Crippen molar-refractivity contribution in [2.75, 3.05) is 50.7 Å². The molecule has 0 aliphatic carbocycles. The lowest BCUT2D eigenvalue weighted by molar-refractivity contribution is -0.130. The summed E-state index contributed by atoms with van der Waals surface area (Å²) in [6.45, 7) is 10.9. The molecule has 2 saturated heterocycles. The fourth-order valence-corrected chi connectivity index (χ4v) is 3.61. The SMILES string of the molecule is CCN1CCC(c2ccc(N3CCN(CC)C(=O)C3)cc2)C1. The lowest BCUT2D eigenvalue weighted by Gasteiger charge is -2.35. The van der Waals surface area contributed by atoms with Crippen LogP contribution in [0.15, 0.2) is 24.3 Å². The van der Waals surface area contributed by atoms with Crippen molar-refractivity contribution in [2.24, 2.45) is 0 Å². The third kappa shape index (κ3) is 3.12. The van der Waals surface area contributed by atoms with Crippen LogP contribution in [0.1, 0.15) is 31.7 Å². The van der Waals surface area contributed by atoms with Crippen LogP contribution in [0.2, 0.25) is 0 Å². The number of amides is 1. The number of nitrogens with zero attached hydrogens (tertiary/aromatic N) is 3. The summed E-state index contributed by atoms with van der Waals surface area (Å²) in [5.74, 6) is 0.916. The predicted octanol–water partition coefficient (Wildman–Crippen LogP) is 2.16. The highest BCUT2D eigenvalue weighted by Gasteiger charge is 2.24. The number of piperazine rings is 1. The number of anilines is 1. The van der Waals surface area contributed by atoms with Crippen molar-refractivity contribution in [3.63, 3.8) is 0 Å². The zero-order chi connectivity index (χ0) is 15.5. The van der Waals surface area contributed by atoms with Gasteiger partial charge in [0.1, 0.15) is 0 Å². The van der Waals surface area contributed by atoms with Gasteiger partial charge in [0.25, 0.3) is 0 Å². The van der Waals surface area contributed by atoms with E-state index < -0.39 is 0 Å². The van der Waals surface area contributed by atoms with Crippen LogP contribution in [0.25, 0.3) is 0 Å². The smallest absolute Gasteiger partial charge is 0.242 e. The maximum absolute atomic E-state index is 12.0. The van der Waals surface area contributed by atoms with Crippen LogP contribution in [-0.4, -0.2) is 61.5 Å².